The fourth-order valence-corrected chi connectivity index (χ4v) is 10.7. The molecule has 2 N–H and O–H groups in total. The van der Waals surface area contributed by atoms with Gasteiger partial charge in [-0.3, -0.25) is 9.36 Å². The third kappa shape index (κ3) is 8.72. The first kappa shape index (κ1) is 41.9. The molecule has 2 aromatic heterocycles. The molecule has 7 rings (SSSR count). The molecule has 0 aliphatic carbocycles. The number of nitrogens with one attached hydrogen (secondary N) is 1. The molecule has 1 aliphatic rings. The smallest absolute Gasteiger partial charge is 0.343 e. The Morgan fingerprint density at radius 2 is 1.41 bits per heavy atom. The van der Waals surface area contributed by atoms with Crippen LogP contribution in [-0.2, 0) is 19.6 Å². The molecular weight excluding hydrogens is 768 g/mol. The average Bonchev–Trinajstić information content (AvgIpc) is 3.86. The quantitative estimate of drug-likeness (QED) is 0.0720. The molecule has 3 heterocycles. The first-order valence-electron chi connectivity index (χ1n) is 19.7. The molecule has 1 saturated heterocycles. The molecule has 308 valence electrons. The SMILES string of the molecule is COc1ccc(C(OC[C@H]2O[C@@H](n3cnc4c(NC(=O)c5ccccc5)ncnc43)C[C@@H]2O[P+](C)(O)N(C(C)C)C(C)C)(c2ccccc2)c2ccc(OC)cc2)cc1. The molecule has 59 heavy (non-hydrogen) atoms. The highest BCUT2D eigenvalue weighted by Gasteiger charge is 2.52. The minimum atomic E-state index is -3.14. The topological polar surface area (TPSA) is 142 Å². The number of ether oxygens (including phenoxy) is 4. The maximum absolute atomic E-state index is 13.1. The van der Waals surface area contributed by atoms with Gasteiger partial charge in [-0.1, -0.05) is 72.8 Å². The van der Waals surface area contributed by atoms with E-state index in [1.165, 1.54) is 6.33 Å². The molecule has 0 radical (unpaired) electrons. The number of hydrogen-bond donors (Lipinski definition) is 2. The Hall–Kier alpha value is -5.27. The number of hydrogen-bond acceptors (Lipinski definition) is 11. The van der Waals surface area contributed by atoms with E-state index in [0.717, 1.165) is 16.7 Å². The fraction of sp³-hybridized carbons (Fsp3) is 0.333. The van der Waals surface area contributed by atoms with Crippen molar-refractivity contribution < 1.29 is 33.2 Å². The van der Waals surface area contributed by atoms with Crippen LogP contribution >= 0.6 is 7.87 Å². The maximum Gasteiger partial charge on any atom is 0.343 e. The summed E-state index contributed by atoms with van der Waals surface area (Å²) < 4.78 is 36.0. The van der Waals surface area contributed by atoms with Crippen LogP contribution in [0.1, 0.15) is 67.4 Å². The zero-order valence-electron chi connectivity index (χ0n) is 34.4. The summed E-state index contributed by atoms with van der Waals surface area (Å²) in [6.07, 6.45) is 1.48. The molecule has 13 nitrogen and oxygen atoms in total. The van der Waals surface area contributed by atoms with E-state index >= 15 is 0 Å². The first-order valence-corrected chi connectivity index (χ1v) is 21.8. The largest absolute Gasteiger partial charge is 0.497 e. The van der Waals surface area contributed by atoms with Gasteiger partial charge in [-0.15, -0.1) is 4.67 Å². The molecule has 0 bridgehead atoms. The van der Waals surface area contributed by atoms with Crippen LogP contribution in [0.4, 0.5) is 5.82 Å². The maximum atomic E-state index is 13.1. The number of carbonyl (C=O) groups is 1. The second kappa shape index (κ2) is 17.9. The lowest BCUT2D eigenvalue weighted by atomic mass is 9.80. The molecule has 6 aromatic rings. The number of anilines is 1. The van der Waals surface area contributed by atoms with Crippen LogP contribution in [0.15, 0.2) is 122 Å². The molecule has 1 fully saturated rings. The van der Waals surface area contributed by atoms with E-state index in [1.54, 1.807) is 51.5 Å². The molecular formula is C45H52N6O7P+. The Balaban J connectivity index is 1.27. The van der Waals surface area contributed by atoms with E-state index < -0.39 is 31.9 Å². The predicted octanol–water partition coefficient (Wildman–Crippen LogP) is 8.28. The Bertz CT molecular complexity index is 2250. The number of aromatic nitrogens is 4. The normalized spacial score (nSPS) is 18.1. The monoisotopic (exact) mass is 819 g/mol. The van der Waals surface area contributed by atoms with Gasteiger partial charge in [0, 0.05) is 24.1 Å². The van der Waals surface area contributed by atoms with Crippen molar-refractivity contribution in [3.05, 3.63) is 144 Å². The standard InChI is InChI=1S/C45H51N6O7P/c1-30(2)51(31(3)4)59(7,53)58-38-26-40(50-29-48-41-42(46-28-47-43(41)50)49-44(52)32-14-10-8-11-15-32)57-39(38)27-56-45(33-16-12-9-13-17-33,34-18-22-36(54-5)23-19-34)35-20-24-37(55-6)25-21-35/h8-25,28-31,38-40,53H,26-27H2,1-7H3/p+1/t38-,39+,40+,59?/m0/s1. The second-order valence-corrected chi connectivity index (χ2v) is 17.4. The summed E-state index contributed by atoms with van der Waals surface area (Å²) in [6, 6.07) is 34.7. The summed E-state index contributed by atoms with van der Waals surface area (Å²) in [5.74, 6) is 1.39. The van der Waals surface area contributed by atoms with Crippen molar-refractivity contribution in [1.82, 2.24) is 24.2 Å². The lowest BCUT2D eigenvalue weighted by molar-refractivity contribution is -0.0914. The van der Waals surface area contributed by atoms with Gasteiger partial charge < -0.3 is 24.3 Å². The van der Waals surface area contributed by atoms with Crippen molar-refractivity contribution in [3.8, 4) is 11.5 Å². The number of benzene rings is 4. The molecule has 14 heteroatoms. The van der Waals surface area contributed by atoms with Crippen LogP contribution in [0.3, 0.4) is 0 Å². The lowest BCUT2D eigenvalue weighted by Crippen LogP contribution is -2.41. The molecule has 0 spiro atoms. The van der Waals surface area contributed by atoms with Crippen molar-refractivity contribution >= 4 is 30.8 Å². The number of fused-ring (bicyclic) bond motifs is 1. The summed E-state index contributed by atoms with van der Waals surface area (Å²) in [6.45, 7) is 10.1. The zero-order valence-corrected chi connectivity index (χ0v) is 35.3. The van der Waals surface area contributed by atoms with Crippen LogP contribution in [0.5, 0.6) is 11.5 Å². The van der Waals surface area contributed by atoms with E-state index in [9.17, 15) is 9.69 Å². The van der Waals surface area contributed by atoms with Crippen molar-refractivity contribution in [3.63, 3.8) is 0 Å². The van der Waals surface area contributed by atoms with Crippen molar-refractivity contribution in [2.75, 3.05) is 32.8 Å². The van der Waals surface area contributed by atoms with E-state index in [0.29, 0.717) is 34.6 Å². The highest BCUT2D eigenvalue weighted by atomic mass is 31.2. The van der Waals surface area contributed by atoms with Gasteiger partial charge >= 0.3 is 7.87 Å². The number of methoxy groups -OCH3 is 2. The Morgan fingerprint density at radius 1 is 0.847 bits per heavy atom. The Labute approximate surface area is 345 Å². The van der Waals surface area contributed by atoms with Crippen molar-refractivity contribution in [2.45, 2.75) is 70.2 Å². The summed E-state index contributed by atoms with van der Waals surface area (Å²) in [5, 5.41) is 2.88. The van der Waals surface area contributed by atoms with Crippen molar-refractivity contribution in [2.24, 2.45) is 0 Å². The number of nitrogens with zero attached hydrogens (tertiary/aromatic N) is 5. The van der Waals surface area contributed by atoms with Gasteiger partial charge in [-0.25, -0.2) is 19.8 Å². The molecule has 4 atom stereocenters. The van der Waals surface area contributed by atoms with E-state index in [-0.39, 0.29) is 30.4 Å². The van der Waals surface area contributed by atoms with Crippen LogP contribution in [0, 0.1) is 0 Å². The van der Waals surface area contributed by atoms with Gasteiger partial charge in [0.2, 0.25) is 0 Å². The molecule has 1 aliphatic heterocycles. The molecule has 0 saturated carbocycles. The highest BCUT2D eigenvalue weighted by molar-refractivity contribution is 7.62. The summed E-state index contributed by atoms with van der Waals surface area (Å²) in [5.41, 5.74) is 2.88. The molecule has 1 amide bonds. The van der Waals surface area contributed by atoms with Gasteiger partial charge in [0.25, 0.3) is 5.91 Å². The zero-order chi connectivity index (χ0) is 41.7. The number of imidazole rings is 1. The van der Waals surface area contributed by atoms with Crippen molar-refractivity contribution in [1.29, 1.82) is 0 Å². The summed E-state index contributed by atoms with van der Waals surface area (Å²) >= 11 is 0. The fourth-order valence-electron chi connectivity index (χ4n) is 8.10. The number of amides is 1. The van der Waals surface area contributed by atoms with E-state index in [2.05, 4.69) is 48.0 Å². The Kier molecular flexibility index (Phi) is 12.7. The Morgan fingerprint density at radius 3 is 1.97 bits per heavy atom. The molecule has 4 aromatic carbocycles. The van der Waals surface area contributed by atoms with E-state index in [1.807, 2.05) is 94.2 Å². The van der Waals surface area contributed by atoms with Gasteiger partial charge in [0.05, 0.1) is 27.2 Å². The minimum absolute atomic E-state index is 0.0147. The van der Waals surface area contributed by atoms with E-state index in [4.69, 9.17) is 23.5 Å². The third-order valence-electron chi connectivity index (χ3n) is 10.6. The first-order chi connectivity index (χ1) is 28.4. The van der Waals surface area contributed by atoms with Gasteiger partial charge in [0.1, 0.15) is 48.5 Å². The lowest BCUT2D eigenvalue weighted by Gasteiger charge is -2.38. The minimum Gasteiger partial charge on any atom is -0.497 e. The second-order valence-electron chi connectivity index (χ2n) is 15.1. The number of carbonyl (C=O) groups excluding carboxylic acids is 1. The molecule has 1 unspecified atom stereocenters. The van der Waals surface area contributed by atoms with Crippen LogP contribution in [-0.4, -0.2) is 86.8 Å². The summed E-state index contributed by atoms with van der Waals surface area (Å²) in [4.78, 5) is 38.9. The highest BCUT2D eigenvalue weighted by Crippen LogP contribution is 2.60. The van der Waals surface area contributed by atoms with Gasteiger partial charge in [0.15, 0.2) is 17.0 Å². The van der Waals surface area contributed by atoms with Crippen LogP contribution < -0.4 is 14.8 Å². The average molecular weight is 820 g/mol. The predicted molar refractivity (Wildman–Crippen MR) is 229 cm³/mol. The summed E-state index contributed by atoms with van der Waals surface area (Å²) in [7, 11) is 0.141. The van der Waals surface area contributed by atoms with Crippen LogP contribution in [0.25, 0.3) is 11.2 Å². The number of rotatable bonds is 16. The van der Waals surface area contributed by atoms with Crippen LogP contribution in [0.2, 0.25) is 0 Å². The van der Waals surface area contributed by atoms with Gasteiger partial charge in [-0.2, -0.15) is 4.52 Å². The van der Waals surface area contributed by atoms with Gasteiger partial charge in [-0.05, 0) is 80.8 Å². The third-order valence-corrected chi connectivity index (χ3v) is 13.0.